The summed E-state index contributed by atoms with van der Waals surface area (Å²) in [6.45, 7) is 4.39. The average molecular weight is 492 g/mol. The van der Waals surface area contributed by atoms with Crippen molar-refractivity contribution in [3.05, 3.63) is 76.7 Å². The predicted molar refractivity (Wildman–Crippen MR) is 128 cm³/mol. The maximum atomic E-state index is 14.7. The van der Waals surface area contributed by atoms with Gasteiger partial charge in [-0.1, -0.05) is 36.7 Å². The topological polar surface area (TPSA) is 69.9 Å². The van der Waals surface area contributed by atoms with Crippen LogP contribution >= 0.6 is 11.6 Å². The first-order valence-corrected chi connectivity index (χ1v) is 11.7. The summed E-state index contributed by atoms with van der Waals surface area (Å²) < 4.78 is 29.4. The average Bonchev–Trinajstić information content (AvgIpc) is 2.82. The SMILES string of the molecule is CCN(CC(N)=O)CC(c1c(F)cccc1F)N1CCN(C(=O)[CH]Cc2ccc(Cl)cc2)CC1. The van der Waals surface area contributed by atoms with Crippen molar-refractivity contribution in [1.29, 1.82) is 0 Å². The Kier molecular flexibility index (Phi) is 9.38. The van der Waals surface area contributed by atoms with E-state index in [-0.39, 0.29) is 24.6 Å². The highest BCUT2D eigenvalue weighted by Gasteiger charge is 2.31. The molecule has 0 aliphatic carbocycles. The smallest absolute Gasteiger partial charge is 0.231 e. The number of piperazine rings is 1. The number of carbonyl (C=O) groups excluding carboxylic acids is 2. The van der Waals surface area contributed by atoms with Crippen LogP contribution in [0.4, 0.5) is 8.78 Å². The number of carbonyl (C=O) groups is 2. The van der Waals surface area contributed by atoms with E-state index in [1.165, 1.54) is 18.2 Å². The van der Waals surface area contributed by atoms with Crippen molar-refractivity contribution in [2.75, 3.05) is 45.8 Å². The van der Waals surface area contributed by atoms with E-state index in [1.807, 2.05) is 24.0 Å². The van der Waals surface area contributed by atoms with Crippen molar-refractivity contribution in [1.82, 2.24) is 14.7 Å². The summed E-state index contributed by atoms with van der Waals surface area (Å²) in [7, 11) is 0. The van der Waals surface area contributed by atoms with E-state index in [4.69, 9.17) is 17.3 Å². The summed E-state index contributed by atoms with van der Waals surface area (Å²) in [5.41, 5.74) is 6.31. The molecule has 1 heterocycles. The predicted octanol–water partition coefficient (Wildman–Crippen LogP) is 3.06. The monoisotopic (exact) mass is 491 g/mol. The fourth-order valence-corrected chi connectivity index (χ4v) is 4.32. The Morgan fingerprint density at radius 1 is 1.09 bits per heavy atom. The third-order valence-electron chi connectivity index (χ3n) is 6.08. The summed E-state index contributed by atoms with van der Waals surface area (Å²) in [5, 5.41) is 0.643. The fourth-order valence-electron chi connectivity index (χ4n) is 4.20. The molecule has 183 valence electrons. The van der Waals surface area contributed by atoms with Crippen molar-refractivity contribution in [3.63, 3.8) is 0 Å². The number of benzene rings is 2. The number of amides is 2. The van der Waals surface area contributed by atoms with E-state index in [0.717, 1.165) is 5.56 Å². The number of hydrogen-bond acceptors (Lipinski definition) is 4. The van der Waals surface area contributed by atoms with Gasteiger partial charge in [0.05, 0.1) is 19.0 Å². The molecule has 6 nitrogen and oxygen atoms in total. The Labute approximate surface area is 204 Å². The van der Waals surface area contributed by atoms with Crippen LogP contribution in [0, 0.1) is 18.1 Å². The lowest BCUT2D eigenvalue weighted by Crippen LogP contribution is -2.52. The zero-order valence-electron chi connectivity index (χ0n) is 19.2. The van der Waals surface area contributed by atoms with Gasteiger partial charge in [-0.3, -0.25) is 19.4 Å². The molecular formula is C25H30ClF2N4O2. The molecular weight excluding hydrogens is 462 g/mol. The molecule has 1 aliphatic rings. The largest absolute Gasteiger partial charge is 0.369 e. The van der Waals surface area contributed by atoms with E-state index >= 15 is 0 Å². The minimum absolute atomic E-state index is 0.00117. The van der Waals surface area contributed by atoms with Crippen LogP contribution in [0.15, 0.2) is 42.5 Å². The Morgan fingerprint density at radius 2 is 1.71 bits per heavy atom. The van der Waals surface area contributed by atoms with Gasteiger partial charge in [-0.05, 0) is 42.8 Å². The van der Waals surface area contributed by atoms with Gasteiger partial charge >= 0.3 is 0 Å². The van der Waals surface area contributed by atoms with Crippen molar-refractivity contribution in [2.45, 2.75) is 19.4 Å². The van der Waals surface area contributed by atoms with Crippen LogP contribution in [0.25, 0.3) is 0 Å². The first-order valence-electron chi connectivity index (χ1n) is 11.3. The van der Waals surface area contributed by atoms with Gasteiger partial charge in [0.25, 0.3) is 0 Å². The van der Waals surface area contributed by atoms with Crippen molar-refractivity contribution in [3.8, 4) is 0 Å². The number of rotatable bonds is 10. The molecule has 9 heteroatoms. The number of nitrogens with zero attached hydrogens (tertiary/aromatic N) is 3. The second-order valence-electron chi connectivity index (χ2n) is 8.34. The van der Waals surface area contributed by atoms with Gasteiger partial charge in [0.15, 0.2) is 0 Å². The van der Waals surface area contributed by atoms with Crippen molar-refractivity contribution in [2.24, 2.45) is 5.73 Å². The lowest BCUT2D eigenvalue weighted by molar-refractivity contribution is -0.130. The molecule has 2 aromatic carbocycles. The van der Waals surface area contributed by atoms with E-state index in [2.05, 4.69) is 0 Å². The van der Waals surface area contributed by atoms with Gasteiger partial charge in [-0.25, -0.2) is 8.78 Å². The summed E-state index contributed by atoms with van der Waals surface area (Å²) in [6, 6.07) is 10.5. The highest BCUT2D eigenvalue weighted by Crippen LogP contribution is 2.28. The van der Waals surface area contributed by atoms with Crippen LogP contribution in [0.3, 0.4) is 0 Å². The van der Waals surface area contributed by atoms with Gasteiger partial charge in [0.2, 0.25) is 11.8 Å². The molecule has 0 aromatic heterocycles. The molecule has 1 radical (unpaired) electrons. The van der Waals surface area contributed by atoms with Crippen LogP contribution in [-0.4, -0.2) is 72.3 Å². The molecule has 3 rings (SSSR count). The summed E-state index contributed by atoms with van der Waals surface area (Å²) in [6.07, 6.45) is 2.14. The van der Waals surface area contributed by atoms with Crippen molar-refractivity contribution >= 4 is 23.4 Å². The highest BCUT2D eigenvalue weighted by molar-refractivity contribution is 6.30. The zero-order valence-corrected chi connectivity index (χ0v) is 20.0. The summed E-state index contributed by atoms with van der Waals surface area (Å²) in [4.78, 5) is 29.6. The Bertz CT molecular complexity index is 961. The van der Waals surface area contributed by atoms with Gasteiger partial charge in [0, 0.05) is 43.3 Å². The molecule has 2 aromatic rings. The van der Waals surface area contributed by atoms with Gasteiger partial charge < -0.3 is 10.6 Å². The van der Waals surface area contributed by atoms with Gasteiger partial charge in [-0.2, -0.15) is 0 Å². The minimum atomic E-state index is -0.630. The lowest BCUT2D eigenvalue weighted by atomic mass is 10.0. The Balaban J connectivity index is 1.66. The van der Waals surface area contributed by atoms with E-state index in [0.29, 0.717) is 44.2 Å². The third kappa shape index (κ3) is 6.98. The molecule has 2 N–H and O–H groups in total. The molecule has 0 bridgehead atoms. The third-order valence-corrected chi connectivity index (χ3v) is 6.34. The second kappa shape index (κ2) is 12.2. The molecule has 1 saturated heterocycles. The van der Waals surface area contributed by atoms with Crippen LogP contribution < -0.4 is 5.73 Å². The van der Waals surface area contributed by atoms with Crippen LogP contribution in [0.1, 0.15) is 24.1 Å². The maximum absolute atomic E-state index is 14.7. The van der Waals surface area contributed by atoms with Crippen LogP contribution in [0.5, 0.6) is 0 Å². The van der Waals surface area contributed by atoms with Gasteiger partial charge in [0.1, 0.15) is 11.6 Å². The van der Waals surface area contributed by atoms with E-state index < -0.39 is 23.6 Å². The number of halogens is 3. The normalized spacial score (nSPS) is 15.5. The Morgan fingerprint density at radius 3 is 2.26 bits per heavy atom. The fraction of sp³-hybridized carbons (Fsp3) is 0.400. The molecule has 0 saturated carbocycles. The molecule has 1 unspecified atom stereocenters. The van der Waals surface area contributed by atoms with E-state index in [9.17, 15) is 18.4 Å². The second-order valence-corrected chi connectivity index (χ2v) is 8.78. The first kappa shape index (κ1) is 26.1. The van der Waals surface area contributed by atoms with Crippen LogP contribution in [0.2, 0.25) is 5.02 Å². The first-order chi connectivity index (χ1) is 16.3. The number of primary amides is 1. The maximum Gasteiger partial charge on any atom is 0.231 e. The zero-order chi connectivity index (χ0) is 24.7. The molecule has 34 heavy (non-hydrogen) atoms. The number of hydrogen-bond donors (Lipinski definition) is 1. The van der Waals surface area contributed by atoms with Crippen molar-refractivity contribution < 1.29 is 18.4 Å². The highest BCUT2D eigenvalue weighted by atomic mass is 35.5. The standard InChI is InChI=1S/C25H30ClF2N4O2/c1-2-30(17-23(29)33)16-22(25-20(27)4-3-5-21(25)28)31-12-14-32(15-13-31)24(34)11-8-18-6-9-19(26)10-7-18/h3-7,9-11,22H,2,8,12-17H2,1H3,(H2,29,33). The molecule has 1 atom stereocenters. The van der Waals surface area contributed by atoms with E-state index in [1.54, 1.807) is 28.4 Å². The minimum Gasteiger partial charge on any atom is -0.369 e. The quantitative estimate of drug-likeness (QED) is 0.554. The summed E-state index contributed by atoms with van der Waals surface area (Å²) in [5.74, 6) is -1.83. The molecule has 2 amide bonds. The number of likely N-dealkylation sites (N-methyl/N-ethyl adjacent to an activating group) is 1. The summed E-state index contributed by atoms with van der Waals surface area (Å²) >= 11 is 5.90. The molecule has 1 aliphatic heterocycles. The Hall–Kier alpha value is -2.55. The van der Waals surface area contributed by atoms with Gasteiger partial charge in [-0.15, -0.1) is 0 Å². The number of nitrogens with two attached hydrogens (primary N) is 1. The lowest BCUT2D eigenvalue weighted by Gasteiger charge is -2.41. The molecule has 0 spiro atoms. The van der Waals surface area contributed by atoms with Crippen LogP contribution in [-0.2, 0) is 16.0 Å². The molecule has 1 fully saturated rings.